The van der Waals surface area contributed by atoms with Gasteiger partial charge in [0.15, 0.2) is 10.9 Å². The Labute approximate surface area is 199 Å². The van der Waals surface area contributed by atoms with Crippen LogP contribution in [0.15, 0.2) is 52.4 Å². The number of carbonyl (C=O) groups excluding carboxylic acids is 1. The molecule has 1 fully saturated rings. The highest BCUT2D eigenvalue weighted by atomic mass is 32.2. The van der Waals surface area contributed by atoms with E-state index in [0.717, 1.165) is 50.4 Å². The number of hydrogen-bond donors (Lipinski definition) is 0. The summed E-state index contributed by atoms with van der Waals surface area (Å²) < 4.78 is 7.17. The first-order valence-electron chi connectivity index (χ1n) is 11.5. The molecule has 0 aliphatic carbocycles. The Kier molecular flexibility index (Phi) is 7.63. The zero-order valence-electron chi connectivity index (χ0n) is 19.5. The van der Waals surface area contributed by atoms with Crippen LogP contribution in [0.5, 0.6) is 0 Å². The number of nitrogens with zero attached hydrogens (tertiary/aromatic N) is 3. The molecule has 7 heteroatoms. The average molecular weight is 466 g/mol. The number of Topliss-reactive ketones (excluding diaryl/α,β-unsaturated/α-hetero) is 1. The van der Waals surface area contributed by atoms with Crippen molar-refractivity contribution in [1.29, 1.82) is 0 Å². The molecule has 0 saturated carbocycles. The topological polar surface area (TPSA) is 64.4 Å². The van der Waals surface area contributed by atoms with E-state index in [1.807, 2.05) is 63.2 Å². The molecule has 1 aliphatic rings. The lowest BCUT2D eigenvalue weighted by Gasteiger charge is -2.26. The highest BCUT2D eigenvalue weighted by molar-refractivity contribution is 8.00. The molecular weight excluding hydrogens is 434 g/mol. The minimum atomic E-state index is -0.356. The van der Waals surface area contributed by atoms with E-state index in [9.17, 15) is 9.59 Å². The van der Waals surface area contributed by atoms with Crippen LogP contribution in [0.25, 0.3) is 10.9 Å². The summed E-state index contributed by atoms with van der Waals surface area (Å²) in [6, 6.07) is 13.2. The van der Waals surface area contributed by atoms with Crippen LogP contribution in [0.1, 0.15) is 34.8 Å². The molecule has 0 bridgehead atoms. The third kappa shape index (κ3) is 5.54. The minimum absolute atomic E-state index is 0.0455. The molecule has 6 nitrogen and oxygen atoms in total. The summed E-state index contributed by atoms with van der Waals surface area (Å²) in [5.74, 6) is 0.0466. The largest absolute Gasteiger partial charge is 0.379 e. The minimum Gasteiger partial charge on any atom is -0.379 e. The summed E-state index contributed by atoms with van der Waals surface area (Å²) in [4.78, 5) is 33.6. The zero-order chi connectivity index (χ0) is 23.4. The Morgan fingerprint density at radius 3 is 2.61 bits per heavy atom. The summed E-state index contributed by atoms with van der Waals surface area (Å²) in [6.07, 6.45) is 0.840. The SMILES string of the molecule is Cc1ccc(C(=O)[C@H](C)Sc2nc3ccccc3c(=O)n2CCCN2CCOCC2)cc1C. The number of thioether (sulfide) groups is 1. The smallest absolute Gasteiger partial charge is 0.262 e. The van der Waals surface area contributed by atoms with Crippen molar-refractivity contribution in [3.8, 4) is 0 Å². The van der Waals surface area contributed by atoms with Gasteiger partial charge in [0.1, 0.15) is 0 Å². The number of ether oxygens (including phenoxy) is 1. The van der Waals surface area contributed by atoms with Crippen LogP contribution in [-0.4, -0.2) is 58.3 Å². The second-order valence-electron chi connectivity index (χ2n) is 8.60. The molecule has 3 aromatic rings. The van der Waals surface area contributed by atoms with Crippen molar-refractivity contribution in [1.82, 2.24) is 14.5 Å². The number of benzene rings is 2. The summed E-state index contributed by atoms with van der Waals surface area (Å²) in [5.41, 5.74) is 3.58. The quantitative estimate of drug-likeness (QED) is 0.284. The van der Waals surface area contributed by atoms with E-state index in [2.05, 4.69) is 4.90 Å². The number of hydrogen-bond acceptors (Lipinski definition) is 6. The molecule has 4 rings (SSSR count). The lowest BCUT2D eigenvalue weighted by Crippen LogP contribution is -2.37. The maximum atomic E-state index is 13.3. The Morgan fingerprint density at radius 1 is 1.09 bits per heavy atom. The highest BCUT2D eigenvalue weighted by Gasteiger charge is 2.21. The summed E-state index contributed by atoms with van der Waals surface area (Å²) in [6.45, 7) is 10.8. The van der Waals surface area contributed by atoms with Crippen LogP contribution in [0.2, 0.25) is 0 Å². The number of carbonyl (C=O) groups is 1. The number of rotatable bonds is 8. The molecule has 174 valence electrons. The Bertz CT molecular complexity index is 1200. The zero-order valence-corrected chi connectivity index (χ0v) is 20.4. The van der Waals surface area contributed by atoms with E-state index in [1.165, 1.54) is 11.8 Å². The Balaban J connectivity index is 1.57. The van der Waals surface area contributed by atoms with Crippen molar-refractivity contribution in [3.63, 3.8) is 0 Å². The molecule has 0 amide bonds. The number of para-hydroxylation sites is 1. The van der Waals surface area contributed by atoms with Gasteiger partial charge in [-0.15, -0.1) is 0 Å². The first-order chi connectivity index (χ1) is 15.9. The number of morpholine rings is 1. The van der Waals surface area contributed by atoms with E-state index in [4.69, 9.17) is 9.72 Å². The lowest BCUT2D eigenvalue weighted by atomic mass is 10.0. The maximum absolute atomic E-state index is 13.3. The first kappa shape index (κ1) is 23.7. The predicted molar refractivity (Wildman–Crippen MR) is 133 cm³/mol. The van der Waals surface area contributed by atoms with Crippen LogP contribution >= 0.6 is 11.8 Å². The van der Waals surface area contributed by atoms with E-state index >= 15 is 0 Å². The molecule has 1 aliphatic heterocycles. The molecule has 0 unspecified atom stereocenters. The van der Waals surface area contributed by atoms with Gasteiger partial charge in [0, 0.05) is 31.7 Å². The van der Waals surface area contributed by atoms with Crippen molar-refractivity contribution in [2.24, 2.45) is 0 Å². The molecule has 2 heterocycles. The molecule has 1 saturated heterocycles. The second kappa shape index (κ2) is 10.6. The molecule has 33 heavy (non-hydrogen) atoms. The van der Waals surface area contributed by atoms with Gasteiger partial charge in [-0.1, -0.05) is 36.0 Å². The number of ketones is 1. The number of aryl methyl sites for hydroxylation is 2. The molecule has 2 aromatic carbocycles. The molecule has 0 N–H and O–H groups in total. The van der Waals surface area contributed by atoms with Crippen LogP contribution in [0, 0.1) is 13.8 Å². The van der Waals surface area contributed by atoms with Gasteiger partial charge in [-0.3, -0.25) is 19.1 Å². The van der Waals surface area contributed by atoms with Gasteiger partial charge >= 0.3 is 0 Å². The highest BCUT2D eigenvalue weighted by Crippen LogP contribution is 2.26. The molecule has 0 radical (unpaired) electrons. The van der Waals surface area contributed by atoms with Gasteiger partial charge in [-0.2, -0.15) is 0 Å². The third-order valence-electron chi connectivity index (χ3n) is 6.23. The molecule has 1 atom stereocenters. The predicted octanol–water partition coefficient (Wildman–Crippen LogP) is 4.10. The maximum Gasteiger partial charge on any atom is 0.262 e. The van der Waals surface area contributed by atoms with E-state index in [0.29, 0.717) is 28.2 Å². The molecular formula is C26H31N3O3S. The van der Waals surface area contributed by atoms with Crippen molar-refractivity contribution < 1.29 is 9.53 Å². The van der Waals surface area contributed by atoms with Crippen LogP contribution in [-0.2, 0) is 11.3 Å². The van der Waals surface area contributed by atoms with Crippen molar-refractivity contribution in [2.75, 3.05) is 32.8 Å². The molecule has 1 aromatic heterocycles. The van der Waals surface area contributed by atoms with Gasteiger partial charge in [-0.25, -0.2) is 4.98 Å². The van der Waals surface area contributed by atoms with Gasteiger partial charge < -0.3 is 4.74 Å². The fourth-order valence-corrected chi connectivity index (χ4v) is 5.06. The summed E-state index contributed by atoms with van der Waals surface area (Å²) in [7, 11) is 0. The summed E-state index contributed by atoms with van der Waals surface area (Å²) in [5, 5.41) is 0.859. The average Bonchev–Trinajstić information content (AvgIpc) is 2.83. The monoisotopic (exact) mass is 465 g/mol. The normalized spacial score (nSPS) is 15.6. The molecule has 0 spiro atoms. The number of aromatic nitrogens is 2. The Morgan fingerprint density at radius 2 is 1.85 bits per heavy atom. The van der Waals surface area contributed by atoms with Crippen molar-refractivity contribution in [3.05, 3.63) is 69.5 Å². The third-order valence-corrected chi connectivity index (χ3v) is 7.32. The second-order valence-corrected chi connectivity index (χ2v) is 9.91. The number of fused-ring (bicyclic) bond motifs is 1. The standard InChI is InChI=1S/C26H31N3O3S/c1-18-9-10-21(17-19(18)2)24(30)20(3)33-26-27-23-8-5-4-7-22(23)25(31)29(26)12-6-11-28-13-15-32-16-14-28/h4-5,7-10,17,20H,6,11-16H2,1-3H3/t20-/m0/s1. The van der Waals surface area contributed by atoms with Gasteiger partial charge in [0.2, 0.25) is 0 Å². The van der Waals surface area contributed by atoms with Gasteiger partial charge in [0.05, 0.1) is 29.4 Å². The summed E-state index contributed by atoms with van der Waals surface area (Å²) >= 11 is 1.37. The van der Waals surface area contributed by atoms with E-state index in [1.54, 1.807) is 4.57 Å². The fraction of sp³-hybridized carbons (Fsp3) is 0.423. The Hall–Kier alpha value is -2.48. The first-order valence-corrected chi connectivity index (χ1v) is 12.4. The van der Waals surface area contributed by atoms with Crippen LogP contribution in [0.3, 0.4) is 0 Å². The van der Waals surface area contributed by atoms with Crippen LogP contribution < -0.4 is 5.56 Å². The van der Waals surface area contributed by atoms with E-state index < -0.39 is 0 Å². The van der Waals surface area contributed by atoms with Gasteiger partial charge in [0.25, 0.3) is 5.56 Å². The van der Waals surface area contributed by atoms with E-state index in [-0.39, 0.29) is 16.6 Å². The van der Waals surface area contributed by atoms with Crippen LogP contribution in [0.4, 0.5) is 0 Å². The van der Waals surface area contributed by atoms with Gasteiger partial charge in [-0.05, 0) is 56.5 Å². The van der Waals surface area contributed by atoms with Crippen molar-refractivity contribution in [2.45, 2.75) is 44.1 Å². The fourth-order valence-electron chi connectivity index (χ4n) is 4.05. The lowest BCUT2D eigenvalue weighted by molar-refractivity contribution is 0.0368. The van der Waals surface area contributed by atoms with Crippen molar-refractivity contribution >= 4 is 28.4 Å².